The van der Waals surface area contributed by atoms with Crippen LogP contribution in [0.1, 0.15) is 50.2 Å². The van der Waals surface area contributed by atoms with Crippen molar-refractivity contribution in [1.29, 1.82) is 0 Å². The van der Waals surface area contributed by atoms with Crippen molar-refractivity contribution in [2.75, 3.05) is 18.0 Å². The summed E-state index contributed by atoms with van der Waals surface area (Å²) >= 11 is 0. The standard InChI is InChI=1S/C32H38FN3O5S/c1-4-28(32(38)34-26-10-8-9-11-26)35(21-24-15-17-25(33)18-16-24)31(37)22-36(29-20-23(2)14-19-30(29)41-3)42(39,40)27-12-6-5-7-13-27/h5-7,12-20,26,28H,4,8-11,21-22H2,1-3H3,(H,34,38)/t28-/m1/s1. The number of benzene rings is 3. The molecule has 0 aliphatic heterocycles. The Balaban J connectivity index is 1.75. The SMILES string of the molecule is CC[C@H](C(=O)NC1CCCC1)N(Cc1ccc(F)cc1)C(=O)CN(c1cc(C)ccc1OC)S(=O)(=O)c1ccccc1. The van der Waals surface area contributed by atoms with Gasteiger partial charge in [-0.05, 0) is 73.7 Å². The normalized spacial score (nSPS) is 14.3. The van der Waals surface area contributed by atoms with Crippen LogP contribution in [0.15, 0.2) is 77.7 Å². The molecule has 1 atom stereocenters. The van der Waals surface area contributed by atoms with Crippen molar-refractivity contribution in [3.05, 3.63) is 89.7 Å². The third-order valence-electron chi connectivity index (χ3n) is 7.57. The third-order valence-corrected chi connectivity index (χ3v) is 9.34. The van der Waals surface area contributed by atoms with Crippen LogP contribution in [-0.2, 0) is 26.2 Å². The number of nitrogens with zero attached hydrogens (tertiary/aromatic N) is 2. The average Bonchev–Trinajstić information content (AvgIpc) is 3.50. The summed E-state index contributed by atoms with van der Waals surface area (Å²) in [6.45, 7) is 3.05. The molecule has 1 N–H and O–H groups in total. The predicted molar refractivity (Wildman–Crippen MR) is 160 cm³/mol. The highest BCUT2D eigenvalue weighted by Gasteiger charge is 2.35. The number of hydrogen-bond acceptors (Lipinski definition) is 5. The largest absolute Gasteiger partial charge is 0.495 e. The molecule has 8 nitrogen and oxygen atoms in total. The van der Waals surface area contributed by atoms with Gasteiger partial charge in [-0.2, -0.15) is 0 Å². The van der Waals surface area contributed by atoms with E-state index < -0.39 is 34.3 Å². The van der Waals surface area contributed by atoms with E-state index in [1.54, 1.807) is 48.5 Å². The van der Waals surface area contributed by atoms with E-state index >= 15 is 0 Å². The number of carbonyl (C=O) groups excluding carboxylic acids is 2. The number of anilines is 1. The van der Waals surface area contributed by atoms with Gasteiger partial charge in [-0.1, -0.05) is 56.2 Å². The van der Waals surface area contributed by atoms with Crippen LogP contribution in [0.2, 0.25) is 0 Å². The molecule has 0 unspecified atom stereocenters. The highest BCUT2D eigenvalue weighted by molar-refractivity contribution is 7.92. The summed E-state index contributed by atoms with van der Waals surface area (Å²) < 4.78 is 48.3. The summed E-state index contributed by atoms with van der Waals surface area (Å²) in [6, 6.07) is 17.9. The van der Waals surface area contributed by atoms with E-state index in [0.29, 0.717) is 12.0 Å². The smallest absolute Gasteiger partial charge is 0.264 e. The Morgan fingerprint density at radius 3 is 2.31 bits per heavy atom. The summed E-state index contributed by atoms with van der Waals surface area (Å²) in [5.74, 6) is -1.00. The lowest BCUT2D eigenvalue weighted by molar-refractivity contribution is -0.140. The molecule has 0 aromatic heterocycles. The van der Waals surface area contributed by atoms with Crippen LogP contribution in [0.3, 0.4) is 0 Å². The number of nitrogens with one attached hydrogen (secondary N) is 1. The van der Waals surface area contributed by atoms with E-state index in [2.05, 4.69) is 5.32 Å². The first-order chi connectivity index (χ1) is 20.1. The van der Waals surface area contributed by atoms with Gasteiger partial charge in [0.2, 0.25) is 11.8 Å². The van der Waals surface area contributed by atoms with Crippen molar-refractivity contribution >= 4 is 27.5 Å². The van der Waals surface area contributed by atoms with Gasteiger partial charge in [0.05, 0.1) is 17.7 Å². The zero-order valence-electron chi connectivity index (χ0n) is 24.3. The lowest BCUT2D eigenvalue weighted by atomic mass is 10.1. The highest BCUT2D eigenvalue weighted by Crippen LogP contribution is 2.34. The van der Waals surface area contributed by atoms with Gasteiger partial charge in [-0.25, -0.2) is 12.8 Å². The van der Waals surface area contributed by atoms with E-state index in [4.69, 9.17) is 4.74 Å². The number of hydrogen-bond donors (Lipinski definition) is 1. The molecular formula is C32H38FN3O5S. The van der Waals surface area contributed by atoms with Crippen molar-refractivity contribution in [3.63, 3.8) is 0 Å². The Kier molecular flexibility index (Phi) is 10.2. The Hall–Kier alpha value is -3.92. The topological polar surface area (TPSA) is 96.0 Å². The number of halogens is 1. The lowest BCUT2D eigenvalue weighted by Crippen LogP contribution is -2.53. The van der Waals surface area contributed by atoms with Gasteiger partial charge < -0.3 is 15.0 Å². The number of methoxy groups -OCH3 is 1. The maximum atomic E-state index is 14.2. The zero-order valence-corrected chi connectivity index (χ0v) is 25.1. The van der Waals surface area contributed by atoms with Crippen molar-refractivity contribution < 1.29 is 27.1 Å². The second-order valence-electron chi connectivity index (χ2n) is 10.6. The molecule has 0 saturated heterocycles. The van der Waals surface area contributed by atoms with Crippen LogP contribution in [0, 0.1) is 12.7 Å². The predicted octanol–water partition coefficient (Wildman–Crippen LogP) is 5.20. The van der Waals surface area contributed by atoms with Crippen LogP contribution in [-0.4, -0.2) is 50.9 Å². The molecule has 0 heterocycles. The number of ether oxygens (including phenoxy) is 1. The van der Waals surface area contributed by atoms with Crippen molar-refractivity contribution in [3.8, 4) is 5.75 Å². The van der Waals surface area contributed by atoms with Crippen molar-refractivity contribution in [2.24, 2.45) is 0 Å². The van der Waals surface area contributed by atoms with Crippen LogP contribution < -0.4 is 14.4 Å². The number of carbonyl (C=O) groups is 2. The van der Waals surface area contributed by atoms with E-state index in [0.717, 1.165) is 35.6 Å². The molecule has 10 heteroatoms. The first-order valence-corrected chi connectivity index (χ1v) is 15.6. The van der Waals surface area contributed by atoms with Gasteiger partial charge in [0.25, 0.3) is 10.0 Å². The van der Waals surface area contributed by atoms with Gasteiger partial charge in [0.15, 0.2) is 0 Å². The number of amides is 2. The molecule has 1 aliphatic rings. The Morgan fingerprint density at radius 1 is 1.02 bits per heavy atom. The van der Waals surface area contributed by atoms with Crippen LogP contribution in [0.5, 0.6) is 5.75 Å². The van der Waals surface area contributed by atoms with Gasteiger partial charge in [-0.3, -0.25) is 13.9 Å². The highest BCUT2D eigenvalue weighted by atomic mass is 32.2. The fraction of sp³-hybridized carbons (Fsp3) is 0.375. The molecule has 3 aromatic rings. The summed E-state index contributed by atoms with van der Waals surface area (Å²) in [6.07, 6.45) is 4.13. The van der Waals surface area contributed by atoms with E-state index in [1.807, 2.05) is 13.8 Å². The minimum Gasteiger partial charge on any atom is -0.495 e. The molecule has 1 saturated carbocycles. The van der Waals surface area contributed by atoms with Gasteiger partial charge in [0, 0.05) is 12.6 Å². The minimum absolute atomic E-state index is 0.000115. The first-order valence-electron chi connectivity index (χ1n) is 14.2. The molecule has 0 radical (unpaired) electrons. The molecule has 2 amide bonds. The molecule has 1 aliphatic carbocycles. The first kappa shape index (κ1) is 31.0. The molecule has 4 rings (SSSR count). The second kappa shape index (κ2) is 13.8. The summed E-state index contributed by atoms with van der Waals surface area (Å²) in [4.78, 5) is 29.2. The molecular weight excluding hydrogens is 557 g/mol. The van der Waals surface area contributed by atoms with E-state index in [9.17, 15) is 22.4 Å². The Morgan fingerprint density at radius 2 is 1.69 bits per heavy atom. The summed E-state index contributed by atoms with van der Waals surface area (Å²) in [7, 11) is -2.79. The number of aryl methyl sites for hydroxylation is 1. The minimum atomic E-state index is -4.23. The fourth-order valence-electron chi connectivity index (χ4n) is 5.30. The van der Waals surface area contributed by atoms with Crippen LogP contribution in [0.4, 0.5) is 10.1 Å². The molecule has 0 bridgehead atoms. The quantitative estimate of drug-likeness (QED) is 0.310. The Bertz CT molecular complexity index is 1480. The monoisotopic (exact) mass is 595 g/mol. The van der Waals surface area contributed by atoms with Gasteiger partial charge in [-0.15, -0.1) is 0 Å². The maximum Gasteiger partial charge on any atom is 0.264 e. The second-order valence-corrected chi connectivity index (χ2v) is 12.4. The number of sulfonamides is 1. The van der Waals surface area contributed by atoms with Crippen LogP contribution >= 0.6 is 0 Å². The molecule has 0 spiro atoms. The van der Waals surface area contributed by atoms with Crippen LogP contribution in [0.25, 0.3) is 0 Å². The Labute approximate surface area is 247 Å². The molecule has 42 heavy (non-hydrogen) atoms. The average molecular weight is 596 g/mol. The zero-order chi connectivity index (χ0) is 30.3. The lowest BCUT2D eigenvalue weighted by Gasteiger charge is -2.34. The summed E-state index contributed by atoms with van der Waals surface area (Å²) in [5, 5.41) is 3.08. The van der Waals surface area contributed by atoms with E-state index in [-0.39, 0.29) is 34.8 Å². The maximum absolute atomic E-state index is 14.2. The van der Waals surface area contributed by atoms with Crippen molar-refractivity contribution in [1.82, 2.24) is 10.2 Å². The third kappa shape index (κ3) is 7.28. The molecule has 3 aromatic carbocycles. The fourth-order valence-corrected chi connectivity index (χ4v) is 6.74. The summed E-state index contributed by atoms with van der Waals surface area (Å²) in [5.41, 5.74) is 1.60. The van der Waals surface area contributed by atoms with Gasteiger partial charge in [0.1, 0.15) is 24.2 Å². The van der Waals surface area contributed by atoms with Crippen molar-refractivity contribution in [2.45, 2.75) is 69.5 Å². The molecule has 1 fully saturated rings. The molecule has 224 valence electrons. The van der Waals surface area contributed by atoms with Gasteiger partial charge >= 0.3 is 0 Å². The number of rotatable bonds is 12. The van der Waals surface area contributed by atoms with E-state index in [1.165, 1.54) is 36.3 Å².